The highest BCUT2D eigenvalue weighted by Gasteiger charge is 2.18. The lowest BCUT2D eigenvalue weighted by Crippen LogP contribution is -2.20. The summed E-state index contributed by atoms with van der Waals surface area (Å²) in [5.74, 6) is 1.47. The molecule has 4 rings (SSSR count). The maximum atomic E-state index is 13.5. The molecule has 190 valence electrons. The Labute approximate surface area is 214 Å². The first-order valence-corrected chi connectivity index (χ1v) is 12.7. The van der Waals surface area contributed by atoms with Gasteiger partial charge in [0.05, 0.1) is 31.3 Å². The van der Waals surface area contributed by atoms with Crippen molar-refractivity contribution in [2.45, 2.75) is 26.8 Å². The molecule has 2 aromatic carbocycles. The van der Waals surface area contributed by atoms with E-state index in [0.29, 0.717) is 25.4 Å². The summed E-state index contributed by atoms with van der Waals surface area (Å²) in [6, 6.07) is 15.3. The Bertz CT molecular complexity index is 1450. The molecule has 8 nitrogen and oxygen atoms in total. The van der Waals surface area contributed by atoms with Crippen molar-refractivity contribution < 1.29 is 14.2 Å². The van der Waals surface area contributed by atoms with Crippen LogP contribution in [0, 0.1) is 6.92 Å². The molecule has 2 heterocycles. The number of nitrogens with zero attached hydrogens (tertiary/aromatic N) is 4. The highest BCUT2D eigenvalue weighted by Crippen LogP contribution is 2.34. The molecule has 0 unspecified atom stereocenters. The summed E-state index contributed by atoms with van der Waals surface area (Å²) < 4.78 is 22.3. The smallest absolute Gasteiger partial charge is 0.297 e. The van der Waals surface area contributed by atoms with Gasteiger partial charge >= 0.3 is 0 Å². The summed E-state index contributed by atoms with van der Waals surface area (Å²) in [6.07, 6.45) is 0.805. The number of rotatable bonds is 10. The number of hydrogen-bond donors (Lipinski definition) is 0. The fraction of sp³-hybridized carbons (Fsp3) is 0.333. The van der Waals surface area contributed by atoms with Gasteiger partial charge in [0.2, 0.25) is 0 Å². The molecule has 0 fully saturated rings. The monoisotopic (exact) mass is 508 g/mol. The summed E-state index contributed by atoms with van der Waals surface area (Å²) in [4.78, 5) is 19.1. The molecule has 36 heavy (non-hydrogen) atoms. The molecule has 0 saturated heterocycles. The number of thiazole rings is 1. The third-order valence-electron chi connectivity index (χ3n) is 6.09. The molecule has 0 bridgehead atoms. The Morgan fingerprint density at radius 1 is 1.06 bits per heavy atom. The zero-order valence-electron chi connectivity index (χ0n) is 21.4. The van der Waals surface area contributed by atoms with E-state index in [4.69, 9.17) is 19.2 Å². The maximum absolute atomic E-state index is 13.5. The highest BCUT2D eigenvalue weighted by atomic mass is 32.1. The van der Waals surface area contributed by atoms with Crippen LogP contribution in [0.15, 0.2) is 63.7 Å². The van der Waals surface area contributed by atoms with Gasteiger partial charge in [0.25, 0.3) is 5.56 Å². The molecule has 0 saturated carbocycles. The lowest BCUT2D eigenvalue weighted by atomic mass is 10.1. The molecule has 0 aliphatic carbocycles. The van der Waals surface area contributed by atoms with Crippen molar-refractivity contribution in [3.8, 4) is 28.4 Å². The number of benzene rings is 2. The highest BCUT2D eigenvalue weighted by molar-refractivity contribution is 7.07. The topological polar surface area (TPSA) is 71.9 Å². The van der Waals surface area contributed by atoms with Crippen LogP contribution in [0.2, 0.25) is 0 Å². The van der Waals surface area contributed by atoms with E-state index in [2.05, 4.69) is 4.57 Å². The molecule has 0 amide bonds. The van der Waals surface area contributed by atoms with Gasteiger partial charge in [-0.3, -0.25) is 9.48 Å². The molecule has 9 heteroatoms. The van der Waals surface area contributed by atoms with E-state index in [0.717, 1.165) is 45.4 Å². The predicted octanol–water partition coefficient (Wildman–Crippen LogP) is 4.69. The van der Waals surface area contributed by atoms with E-state index < -0.39 is 0 Å². The second kappa shape index (κ2) is 11.5. The van der Waals surface area contributed by atoms with Gasteiger partial charge in [-0.2, -0.15) is 0 Å². The minimum absolute atomic E-state index is 0.157. The zero-order valence-corrected chi connectivity index (χ0v) is 22.2. The molecule has 4 aromatic rings. The quantitative estimate of drug-likeness (QED) is 0.291. The fourth-order valence-electron chi connectivity index (χ4n) is 4.11. The molecular formula is C27H32N4O4S. The Kier molecular flexibility index (Phi) is 8.12. The van der Waals surface area contributed by atoms with Crippen molar-refractivity contribution in [3.63, 3.8) is 0 Å². The van der Waals surface area contributed by atoms with Crippen molar-refractivity contribution >= 4 is 17.0 Å². The normalized spacial score (nSPS) is 11.8. The van der Waals surface area contributed by atoms with Gasteiger partial charge in [-0.25, -0.2) is 9.67 Å². The Hall–Kier alpha value is -3.56. The average molecular weight is 509 g/mol. The number of ether oxygens (including phenoxy) is 3. The SMILES string of the molecule is CCOCCCn1c(-c2cc(OC)ccc2OC)csc1=Nc1c(C)n(C)n(-c2ccccc2)c1=O. The molecule has 0 spiro atoms. The third-order valence-corrected chi connectivity index (χ3v) is 6.95. The average Bonchev–Trinajstić information content (AvgIpc) is 3.40. The van der Waals surface area contributed by atoms with Crippen LogP contribution in [-0.4, -0.2) is 41.4 Å². The van der Waals surface area contributed by atoms with Crippen LogP contribution in [0.3, 0.4) is 0 Å². The molecule has 0 atom stereocenters. The van der Waals surface area contributed by atoms with Crippen LogP contribution in [0.5, 0.6) is 11.5 Å². The van der Waals surface area contributed by atoms with Crippen molar-refractivity contribution in [1.82, 2.24) is 13.9 Å². The van der Waals surface area contributed by atoms with Crippen LogP contribution in [-0.2, 0) is 18.3 Å². The minimum atomic E-state index is -0.157. The second-order valence-electron chi connectivity index (χ2n) is 8.19. The summed E-state index contributed by atoms with van der Waals surface area (Å²) in [5, 5.41) is 2.05. The van der Waals surface area contributed by atoms with Gasteiger partial charge in [-0.05, 0) is 50.6 Å². The van der Waals surface area contributed by atoms with Gasteiger partial charge in [0.1, 0.15) is 11.5 Å². The van der Waals surface area contributed by atoms with E-state index in [9.17, 15) is 4.79 Å². The Morgan fingerprint density at radius 3 is 2.53 bits per heavy atom. The van der Waals surface area contributed by atoms with Gasteiger partial charge in [0.15, 0.2) is 10.5 Å². The molecule has 0 aliphatic heterocycles. The van der Waals surface area contributed by atoms with E-state index in [1.54, 1.807) is 18.9 Å². The molecule has 2 aromatic heterocycles. The molecule has 0 N–H and O–H groups in total. The van der Waals surface area contributed by atoms with E-state index in [1.165, 1.54) is 11.3 Å². The van der Waals surface area contributed by atoms with Gasteiger partial charge in [-0.15, -0.1) is 11.3 Å². The van der Waals surface area contributed by atoms with Crippen LogP contribution in [0.25, 0.3) is 16.9 Å². The zero-order chi connectivity index (χ0) is 25.7. The Balaban J connectivity index is 1.88. The number of aromatic nitrogens is 3. The minimum Gasteiger partial charge on any atom is -0.497 e. The van der Waals surface area contributed by atoms with Crippen LogP contribution < -0.4 is 19.8 Å². The van der Waals surface area contributed by atoms with Crippen LogP contribution in [0.4, 0.5) is 5.69 Å². The first-order valence-electron chi connectivity index (χ1n) is 11.9. The van der Waals surface area contributed by atoms with Crippen molar-refractivity contribution in [1.29, 1.82) is 0 Å². The number of hydrogen-bond acceptors (Lipinski definition) is 6. The molecule has 0 aliphatic rings. The largest absolute Gasteiger partial charge is 0.497 e. The maximum Gasteiger partial charge on any atom is 0.297 e. The first kappa shape index (κ1) is 25.5. The van der Waals surface area contributed by atoms with E-state index >= 15 is 0 Å². The lowest BCUT2D eigenvalue weighted by molar-refractivity contribution is 0.141. The number of methoxy groups -OCH3 is 2. The van der Waals surface area contributed by atoms with Gasteiger partial charge in [-0.1, -0.05) is 18.2 Å². The first-order chi connectivity index (χ1) is 17.5. The summed E-state index contributed by atoms with van der Waals surface area (Å²) in [5.41, 5.74) is 3.70. The summed E-state index contributed by atoms with van der Waals surface area (Å²) in [6.45, 7) is 5.89. The molecular weight excluding hydrogens is 476 g/mol. The summed E-state index contributed by atoms with van der Waals surface area (Å²) >= 11 is 1.49. The van der Waals surface area contributed by atoms with Crippen molar-refractivity contribution in [3.05, 3.63) is 74.8 Å². The predicted molar refractivity (Wildman–Crippen MR) is 143 cm³/mol. The lowest BCUT2D eigenvalue weighted by Gasteiger charge is -2.13. The number of para-hydroxylation sites is 1. The third kappa shape index (κ3) is 5.03. The van der Waals surface area contributed by atoms with Crippen LogP contribution in [0.1, 0.15) is 19.0 Å². The van der Waals surface area contributed by atoms with Crippen molar-refractivity contribution in [2.75, 3.05) is 27.4 Å². The second-order valence-corrected chi connectivity index (χ2v) is 9.03. The fourth-order valence-corrected chi connectivity index (χ4v) is 5.04. The Morgan fingerprint density at radius 2 is 1.83 bits per heavy atom. The molecule has 0 radical (unpaired) electrons. The summed E-state index contributed by atoms with van der Waals surface area (Å²) in [7, 11) is 5.17. The van der Waals surface area contributed by atoms with Gasteiger partial charge < -0.3 is 18.8 Å². The van der Waals surface area contributed by atoms with E-state index in [1.807, 2.05) is 79.5 Å². The van der Waals surface area contributed by atoms with Crippen LogP contribution >= 0.6 is 11.3 Å². The van der Waals surface area contributed by atoms with E-state index in [-0.39, 0.29) is 5.56 Å². The van der Waals surface area contributed by atoms with Gasteiger partial charge in [0, 0.05) is 37.7 Å². The van der Waals surface area contributed by atoms with Crippen molar-refractivity contribution in [2.24, 2.45) is 12.0 Å². The standard InChI is InChI=1S/C27H32N4O4S/c1-6-35-16-10-15-30-23(22-17-21(33-4)13-14-24(22)34-5)18-36-27(30)28-25-19(2)29(3)31(26(25)32)20-11-8-7-9-12-20/h7-9,11-14,17-18H,6,10,15-16H2,1-5H3.